The monoisotopic (exact) mass is 431 g/mol. The molecule has 0 unspecified atom stereocenters. The summed E-state index contributed by atoms with van der Waals surface area (Å²) in [6.45, 7) is 3.81. The van der Waals surface area contributed by atoms with Crippen LogP contribution in [0.5, 0.6) is 0 Å². The number of halogens is 1. The summed E-state index contributed by atoms with van der Waals surface area (Å²) in [5.41, 5.74) is 3.93. The zero-order chi connectivity index (χ0) is 21.6. The van der Waals surface area contributed by atoms with E-state index in [1.165, 1.54) is 11.1 Å². The fourth-order valence-electron chi connectivity index (χ4n) is 3.42. The predicted octanol–water partition coefficient (Wildman–Crippen LogP) is 4.84. The average Bonchev–Trinajstić information content (AvgIpc) is 3.38. The predicted molar refractivity (Wildman–Crippen MR) is 123 cm³/mol. The first kappa shape index (κ1) is 20.8. The van der Waals surface area contributed by atoms with Crippen molar-refractivity contribution in [3.8, 4) is 6.07 Å². The molecule has 31 heavy (non-hydrogen) atoms. The van der Waals surface area contributed by atoms with Crippen LogP contribution in [-0.2, 0) is 0 Å². The quantitative estimate of drug-likeness (QED) is 0.511. The molecule has 0 saturated carbocycles. The van der Waals surface area contributed by atoms with Crippen molar-refractivity contribution < 1.29 is 0 Å². The zero-order valence-electron chi connectivity index (χ0n) is 17.2. The van der Waals surface area contributed by atoms with E-state index in [4.69, 9.17) is 21.9 Å². The normalized spacial score (nSPS) is 13.7. The lowest BCUT2D eigenvalue weighted by molar-refractivity contribution is 0.718. The Morgan fingerprint density at radius 2 is 1.94 bits per heavy atom. The third-order valence-corrected chi connectivity index (χ3v) is 5.35. The van der Waals surface area contributed by atoms with Gasteiger partial charge in [0.05, 0.1) is 23.2 Å². The molecular formula is C23H22ClN7. The molecule has 7 nitrogen and oxygen atoms in total. The summed E-state index contributed by atoms with van der Waals surface area (Å²) in [7, 11) is 0. The lowest BCUT2D eigenvalue weighted by Gasteiger charge is -2.23. The van der Waals surface area contributed by atoms with Crippen LogP contribution in [0.25, 0.3) is 0 Å². The van der Waals surface area contributed by atoms with E-state index in [0.717, 1.165) is 42.9 Å². The largest absolute Gasteiger partial charge is 0.371 e. The number of unbranched alkanes of at least 4 members (excludes halogenated alkanes) is 1. The number of nitrogens with zero attached hydrogens (tertiary/aromatic N) is 7. The minimum atomic E-state index is 0.501. The number of hydrogen-bond acceptors (Lipinski definition) is 6. The topological polar surface area (TPSA) is 82.5 Å². The van der Waals surface area contributed by atoms with Crippen LogP contribution in [0.3, 0.4) is 0 Å². The van der Waals surface area contributed by atoms with Gasteiger partial charge in [0.25, 0.3) is 0 Å². The van der Waals surface area contributed by atoms with E-state index in [0.29, 0.717) is 28.7 Å². The van der Waals surface area contributed by atoms with Crippen molar-refractivity contribution in [1.82, 2.24) is 14.9 Å². The van der Waals surface area contributed by atoms with Crippen molar-refractivity contribution >= 4 is 34.4 Å². The van der Waals surface area contributed by atoms with Crippen molar-refractivity contribution in [3.63, 3.8) is 0 Å². The van der Waals surface area contributed by atoms with Gasteiger partial charge in [-0.05, 0) is 36.8 Å². The van der Waals surface area contributed by atoms with Crippen molar-refractivity contribution in [2.75, 3.05) is 18.0 Å². The van der Waals surface area contributed by atoms with Crippen LogP contribution in [0, 0.1) is 11.3 Å². The highest BCUT2D eigenvalue weighted by molar-refractivity contribution is 6.56. The highest BCUT2D eigenvalue weighted by atomic mass is 35.5. The Morgan fingerprint density at radius 1 is 1.13 bits per heavy atom. The number of anilines is 1. The Kier molecular flexibility index (Phi) is 6.39. The molecule has 0 fully saturated rings. The van der Waals surface area contributed by atoms with Gasteiger partial charge in [-0.25, -0.2) is 9.98 Å². The van der Waals surface area contributed by atoms with Gasteiger partial charge in [-0.1, -0.05) is 43.1 Å². The number of aliphatic imine (C=N–C) groups is 1. The molecule has 2 aromatic carbocycles. The van der Waals surface area contributed by atoms with Crippen LogP contribution < -0.4 is 4.90 Å². The van der Waals surface area contributed by atoms with E-state index in [9.17, 15) is 0 Å². The average molecular weight is 432 g/mol. The summed E-state index contributed by atoms with van der Waals surface area (Å²) in [6, 6.07) is 17.8. The smallest absolute Gasteiger partial charge is 0.204 e. The third kappa shape index (κ3) is 4.49. The Hall–Kier alpha value is -3.50. The Morgan fingerprint density at radius 3 is 2.68 bits per heavy atom. The van der Waals surface area contributed by atoms with Gasteiger partial charge in [-0.3, -0.25) is 0 Å². The van der Waals surface area contributed by atoms with Gasteiger partial charge in [-0.2, -0.15) is 5.26 Å². The van der Waals surface area contributed by atoms with Crippen LogP contribution in [0.1, 0.15) is 37.6 Å². The van der Waals surface area contributed by atoms with Crippen molar-refractivity contribution in [2.24, 2.45) is 10.1 Å². The summed E-state index contributed by atoms with van der Waals surface area (Å²) in [5.74, 6) is 0.581. The van der Waals surface area contributed by atoms with E-state index >= 15 is 0 Å². The molecule has 156 valence electrons. The van der Waals surface area contributed by atoms with Gasteiger partial charge in [0.15, 0.2) is 0 Å². The van der Waals surface area contributed by atoms with Crippen molar-refractivity contribution in [1.29, 1.82) is 5.26 Å². The maximum absolute atomic E-state index is 8.96. The Bertz CT molecular complexity index is 1160. The summed E-state index contributed by atoms with van der Waals surface area (Å²) in [6.07, 6.45) is 4.16. The molecule has 0 N–H and O–H groups in total. The minimum Gasteiger partial charge on any atom is -0.371 e. The summed E-state index contributed by atoms with van der Waals surface area (Å²) in [5, 5.41) is 18.2. The van der Waals surface area contributed by atoms with Crippen LogP contribution in [-0.4, -0.2) is 39.4 Å². The fourth-order valence-corrected chi connectivity index (χ4v) is 3.65. The SMILES string of the molecule is CCCCN(CCC#N)c1ccc(N=C2C(c3ccccc3Cl)=Nn3ncnc32)cc1. The third-order valence-electron chi connectivity index (χ3n) is 5.02. The lowest BCUT2D eigenvalue weighted by Crippen LogP contribution is -2.25. The summed E-state index contributed by atoms with van der Waals surface area (Å²) < 4.78 is 0. The maximum Gasteiger partial charge on any atom is 0.204 e. The maximum atomic E-state index is 8.96. The molecule has 0 amide bonds. The molecule has 3 aromatic rings. The molecule has 0 bridgehead atoms. The molecule has 0 radical (unpaired) electrons. The van der Waals surface area contributed by atoms with E-state index in [-0.39, 0.29) is 0 Å². The lowest BCUT2D eigenvalue weighted by atomic mass is 10.1. The number of aromatic nitrogens is 3. The second-order valence-electron chi connectivity index (χ2n) is 7.13. The second-order valence-corrected chi connectivity index (χ2v) is 7.53. The first-order valence-corrected chi connectivity index (χ1v) is 10.6. The fraction of sp³-hybridized carbons (Fsp3) is 0.261. The molecule has 4 rings (SSSR count). The van der Waals surface area contributed by atoms with Crippen LogP contribution in [0.4, 0.5) is 11.4 Å². The Balaban J connectivity index is 1.65. The first-order chi connectivity index (χ1) is 15.2. The molecule has 0 atom stereocenters. The molecule has 1 aromatic heterocycles. The number of hydrogen-bond donors (Lipinski definition) is 0. The number of benzene rings is 2. The molecule has 0 aliphatic carbocycles. The molecule has 2 heterocycles. The van der Waals surface area contributed by atoms with Gasteiger partial charge < -0.3 is 4.90 Å². The van der Waals surface area contributed by atoms with Gasteiger partial charge >= 0.3 is 0 Å². The summed E-state index contributed by atoms with van der Waals surface area (Å²) >= 11 is 6.41. The highest BCUT2D eigenvalue weighted by Gasteiger charge is 2.28. The number of nitriles is 1. The molecule has 0 spiro atoms. The standard InChI is InChI=1S/C23H22ClN7/c1-2-3-14-30(15-6-13-25)18-11-9-17(10-12-18)28-22-21(19-7-4-5-8-20(19)24)29-31-23(22)26-16-27-31/h4-5,7-12,16H,2-3,6,14-15H2,1H3. The molecular weight excluding hydrogens is 410 g/mol. The number of fused-ring (bicyclic) bond motifs is 1. The minimum absolute atomic E-state index is 0.501. The molecule has 1 aliphatic heterocycles. The van der Waals surface area contributed by atoms with Crippen LogP contribution >= 0.6 is 11.6 Å². The summed E-state index contributed by atoms with van der Waals surface area (Å²) in [4.78, 5) is 12.9. The highest BCUT2D eigenvalue weighted by Crippen LogP contribution is 2.26. The van der Waals surface area contributed by atoms with Crippen LogP contribution in [0.2, 0.25) is 5.02 Å². The first-order valence-electron chi connectivity index (χ1n) is 10.3. The van der Waals surface area contributed by atoms with Gasteiger partial charge in [-0.15, -0.1) is 15.0 Å². The van der Waals surface area contributed by atoms with E-state index in [1.54, 1.807) is 0 Å². The molecule has 1 aliphatic rings. The number of rotatable bonds is 8. The second kappa shape index (κ2) is 9.54. The van der Waals surface area contributed by atoms with Crippen LogP contribution in [0.15, 0.2) is 65.0 Å². The molecule has 0 saturated heterocycles. The van der Waals surface area contributed by atoms with E-state index < -0.39 is 0 Å². The van der Waals surface area contributed by atoms with E-state index in [1.807, 2.05) is 48.5 Å². The molecule has 8 heteroatoms. The van der Waals surface area contributed by atoms with Gasteiger partial charge in [0, 0.05) is 24.3 Å². The van der Waals surface area contributed by atoms with E-state index in [2.05, 4.69) is 33.1 Å². The van der Waals surface area contributed by atoms with Crippen molar-refractivity contribution in [2.45, 2.75) is 26.2 Å². The Labute approximate surface area is 186 Å². The zero-order valence-corrected chi connectivity index (χ0v) is 18.0. The van der Waals surface area contributed by atoms with Gasteiger partial charge in [0.2, 0.25) is 5.82 Å². The van der Waals surface area contributed by atoms with Crippen molar-refractivity contribution in [3.05, 3.63) is 71.3 Å². The van der Waals surface area contributed by atoms with Gasteiger partial charge in [0.1, 0.15) is 17.8 Å².